The first-order chi connectivity index (χ1) is 15.0. The Morgan fingerprint density at radius 1 is 1.00 bits per heavy atom. The van der Waals surface area contributed by atoms with Crippen LogP contribution in [0.3, 0.4) is 0 Å². The largest absolute Gasteiger partial charge is 0.422 e. The molecule has 0 aliphatic carbocycles. The Balaban J connectivity index is 1.45. The van der Waals surface area contributed by atoms with Gasteiger partial charge in [0.25, 0.3) is 5.91 Å². The quantitative estimate of drug-likeness (QED) is 0.254. The van der Waals surface area contributed by atoms with Crippen molar-refractivity contribution >= 4 is 41.3 Å². The summed E-state index contributed by atoms with van der Waals surface area (Å²) in [6.07, 6.45) is 1.40. The lowest BCUT2D eigenvalue weighted by Gasteiger charge is -2.08. The third-order valence-electron chi connectivity index (χ3n) is 4.63. The molecular weight excluding hydrogens is 439 g/mol. The molecule has 3 aromatic carbocycles. The van der Waals surface area contributed by atoms with Crippen LogP contribution < -0.4 is 10.2 Å². The Morgan fingerprint density at radius 2 is 1.81 bits per heavy atom. The van der Waals surface area contributed by atoms with Gasteiger partial charge in [-0.25, -0.2) is 10.2 Å². The maximum atomic E-state index is 12.5. The van der Waals surface area contributed by atoms with Crippen molar-refractivity contribution in [2.45, 2.75) is 13.2 Å². The molecule has 1 heterocycles. The Kier molecular flexibility index (Phi) is 6.32. The maximum absolute atomic E-state index is 12.5. The fourth-order valence-corrected chi connectivity index (χ4v) is 3.51. The molecule has 0 saturated carbocycles. The third-order valence-corrected chi connectivity index (χ3v) is 5.17. The summed E-state index contributed by atoms with van der Waals surface area (Å²) in [6, 6.07) is 16.7. The third kappa shape index (κ3) is 4.94. The van der Waals surface area contributed by atoms with Crippen molar-refractivity contribution in [3.05, 3.63) is 98.5 Å². The van der Waals surface area contributed by atoms with Gasteiger partial charge >= 0.3 is 5.97 Å². The van der Waals surface area contributed by atoms with Gasteiger partial charge in [-0.3, -0.25) is 4.79 Å². The van der Waals surface area contributed by atoms with E-state index in [9.17, 15) is 9.59 Å². The molecule has 3 aromatic rings. The van der Waals surface area contributed by atoms with Gasteiger partial charge in [-0.2, -0.15) is 5.10 Å². The van der Waals surface area contributed by atoms with E-state index >= 15 is 0 Å². The predicted molar refractivity (Wildman–Crippen MR) is 118 cm³/mol. The van der Waals surface area contributed by atoms with E-state index in [1.807, 2.05) is 6.07 Å². The summed E-state index contributed by atoms with van der Waals surface area (Å²) >= 11 is 11.9. The average molecular weight is 455 g/mol. The molecule has 4 rings (SSSR count). The van der Waals surface area contributed by atoms with E-state index in [-0.39, 0.29) is 22.2 Å². The number of hydrogen-bond acceptors (Lipinski definition) is 5. The summed E-state index contributed by atoms with van der Waals surface area (Å²) in [6.45, 7) is 1.06. The number of nitrogens with one attached hydrogen (secondary N) is 1. The van der Waals surface area contributed by atoms with Crippen LogP contribution in [0.5, 0.6) is 5.75 Å². The van der Waals surface area contributed by atoms with Gasteiger partial charge in [-0.05, 0) is 53.6 Å². The minimum Gasteiger partial charge on any atom is -0.422 e. The standard InChI is InChI=1S/C23H16Cl2N2O4/c24-18-7-8-19(20(25)10-18)23(29)31-21-4-2-1-3-15(21)11-26-27-22(28)14-5-6-16-12-30-13-17(16)9-14/h1-11H,12-13H2,(H,27,28). The highest BCUT2D eigenvalue weighted by molar-refractivity contribution is 6.36. The van der Waals surface area contributed by atoms with Gasteiger partial charge in [0.2, 0.25) is 0 Å². The highest BCUT2D eigenvalue weighted by atomic mass is 35.5. The molecule has 156 valence electrons. The first kappa shape index (κ1) is 21.1. The number of rotatable bonds is 5. The van der Waals surface area contributed by atoms with Crippen molar-refractivity contribution in [2.24, 2.45) is 5.10 Å². The van der Waals surface area contributed by atoms with E-state index in [1.54, 1.807) is 42.5 Å². The van der Waals surface area contributed by atoms with E-state index in [4.69, 9.17) is 32.7 Å². The van der Waals surface area contributed by atoms with Crippen LogP contribution in [0.1, 0.15) is 37.4 Å². The molecule has 31 heavy (non-hydrogen) atoms. The van der Waals surface area contributed by atoms with E-state index in [2.05, 4.69) is 10.5 Å². The zero-order valence-corrected chi connectivity index (χ0v) is 17.6. The fourth-order valence-electron chi connectivity index (χ4n) is 3.03. The summed E-state index contributed by atoms with van der Waals surface area (Å²) in [7, 11) is 0. The van der Waals surface area contributed by atoms with Crippen molar-refractivity contribution in [1.82, 2.24) is 5.43 Å². The van der Waals surface area contributed by atoms with Crippen LogP contribution in [0, 0.1) is 0 Å². The number of ether oxygens (including phenoxy) is 2. The Hall–Kier alpha value is -3.19. The number of para-hydroxylation sites is 1. The molecule has 0 saturated heterocycles. The molecule has 0 radical (unpaired) electrons. The fraction of sp³-hybridized carbons (Fsp3) is 0.0870. The smallest absolute Gasteiger partial charge is 0.345 e. The van der Waals surface area contributed by atoms with Gasteiger partial charge in [0.15, 0.2) is 0 Å². The Labute approximate surface area is 188 Å². The van der Waals surface area contributed by atoms with Crippen LogP contribution in [0.4, 0.5) is 0 Å². The van der Waals surface area contributed by atoms with E-state index in [0.29, 0.717) is 29.4 Å². The lowest BCUT2D eigenvalue weighted by atomic mass is 10.1. The highest BCUT2D eigenvalue weighted by Gasteiger charge is 2.16. The molecule has 1 aliphatic rings. The van der Waals surface area contributed by atoms with Gasteiger partial charge in [0.05, 0.1) is 30.0 Å². The number of benzene rings is 3. The van der Waals surface area contributed by atoms with Crippen molar-refractivity contribution in [3.8, 4) is 5.75 Å². The SMILES string of the molecule is O=C(NN=Cc1ccccc1OC(=O)c1ccc(Cl)cc1Cl)c1ccc2c(c1)COC2. The first-order valence-electron chi connectivity index (χ1n) is 9.30. The lowest BCUT2D eigenvalue weighted by Crippen LogP contribution is -2.18. The molecule has 8 heteroatoms. The zero-order valence-electron chi connectivity index (χ0n) is 16.1. The number of esters is 1. The van der Waals surface area contributed by atoms with Crippen LogP contribution in [-0.4, -0.2) is 18.1 Å². The normalized spacial score (nSPS) is 12.6. The molecule has 0 aromatic heterocycles. The van der Waals surface area contributed by atoms with Crippen LogP contribution in [-0.2, 0) is 18.0 Å². The Morgan fingerprint density at radius 3 is 2.65 bits per heavy atom. The average Bonchev–Trinajstić information content (AvgIpc) is 3.22. The minimum absolute atomic E-state index is 0.187. The van der Waals surface area contributed by atoms with Gasteiger partial charge in [0, 0.05) is 16.1 Å². The molecule has 0 atom stereocenters. The summed E-state index contributed by atoms with van der Waals surface area (Å²) in [4.78, 5) is 24.9. The molecule has 0 fully saturated rings. The van der Waals surface area contributed by atoms with Crippen molar-refractivity contribution < 1.29 is 19.1 Å². The van der Waals surface area contributed by atoms with Crippen LogP contribution in [0.15, 0.2) is 65.8 Å². The number of carbonyl (C=O) groups is 2. The second kappa shape index (κ2) is 9.31. The highest BCUT2D eigenvalue weighted by Crippen LogP contribution is 2.24. The molecule has 1 N–H and O–H groups in total. The number of hydrazone groups is 1. The summed E-state index contributed by atoms with van der Waals surface area (Å²) in [5.74, 6) is -0.716. The molecule has 6 nitrogen and oxygen atoms in total. The van der Waals surface area contributed by atoms with E-state index in [1.165, 1.54) is 18.3 Å². The van der Waals surface area contributed by atoms with E-state index in [0.717, 1.165) is 11.1 Å². The van der Waals surface area contributed by atoms with Gasteiger partial charge in [0.1, 0.15) is 5.75 Å². The molecule has 0 bridgehead atoms. The topological polar surface area (TPSA) is 77.0 Å². The second-order valence-corrected chi connectivity index (χ2v) is 7.57. The van der Waals surface area contributed by atoms with Gasteiger partial charge in [-0.1, -0.05) is 41.4 Å². The molecule has 0 spiro atoms. The summed E-state index contributed by atoms with van der Waals surface area (Å²) in [5, 5.41) is 4.60. The number of halogens is 2. The summed E-state index contributed by atoms with van der Waals surface area (Å²) in [5.41, 5.74) is 5.73. The molecular formula is C23H16Cl2N2O4. The minimum atomic E-state index is -0.632. The van der Waals surface area contributed by atoms with Crippen molar-refractivity contribution in [2.75, 3.05) is 0 Å². The monoisotopic (exact) mass is 454 g/mol. The number of carbonyl (C=O) groups excluding carboxylic acids is 2. The number of nitrogens with zero attached hydrogens (tertiary/aromatic N) is 1. The number of hydrogen-bond donors (Lipinski definition) is 1. The van der Waals surface area contributed by atoms with Gasteiger partial charge < -0.3 is 9.47 Å². The summed E-state index contributed by atoms with van der Waals surface area (Å²) < 4.78 is 10.8. The lowest BCUT2D eigenvalue weighted by molar-refractivity contribution is 0.0734. The van der Waals surface area contributed by atoms with Crippen molar-refractivity contribution in [1.29, 1.82) is 0 Å². The van der Waals surface area contributed by atoms with Crippen LogP contribution in [0.2, 0.25) is 10.0 Å². The predicted octanol–water partition coefficient (Wildman–Crippen LogP) is 5.01. The number of amides is 1. The van der Waals surface area contributed by atoms with Crippen molar-refractivity contribution in [3.63, 3.8) is 0 Å². The van der Waals surface area contributed by atoms with E-state index < -0.39 is 5.97 Å². The Bertz CT molecular complexity index is 1190. The zero-order chi connectivity index (χ0) is 21.8. The van der Waals surface area contributed by atoms with Gasteiger partial charge in [-0.15, -0.1) is 0 Å². The first-order valence-corrected chi connectivity index (χ1v) is 10.1. The molecule has 1 aliphatic heterocycles. The second-order valence-electron chi connectivity index (χ2n) is 6.73. The molecule has 1 amide bonds. The molecule has 0 unspecified atom stereocenters. The maximum Gasteiger partial charge on any atom is 0.345 e. The van der Waals surface area contributed by atoms with Crippen LogP contribution in [0.25, 0.3) is 0 Å². The number of fused-ring (bicyclic) bond motifs is 1. The van der Waals surface area contributed by atoms with Crippen LogP contribution >= 0.6 is 23.2 Å².